The first-order valence-electron chi connectivity index (χ1n) is 15.5. The Kier molecular flexibility index (Phi) is 9.76. The van der Waals surface area contributed by atoms with Gasteiger partial charge in [-0.1, -0.05) is 58.9 Å². The van der Waals surface area contributed by atoms with Crippen molar-refractivity contribution < 1.29 is 19.0 Å². The highest BCUT2D eigenvalue weighted by atomic mass is 32.2. The van der Waals surface area contributed by atoms with Crippen molar-refractivity contribution in [1.29, 1.82) is 0 Å². The molecule has 3 aromatic heterocycles. The molecule has 0 saturated carbocycles. The number of carboxylic acid groups (broad SMARTS) is 1. The maximum atomic E-state index is 13.4. The molecule has 1 atom stereocenters. The van der Waals surface area contributed by atoms with Crippen LogP contribution in [0.25, 0.3) is 22.3 Å². The van der Waals surface area contributed by atoms with Crippen molar-refractivity contribution in [1.82, 2.24) is 24.9 Å². The van der Waals surface area contributed by atoms with Crippen LogP contribution in [0.4, 0.5) is 4.39 Å². The van der Waals surface area contributed by atoms with Crippen LogP contribution in [0.15, 0.2) is 72.1 Å². The number of hydrogen-bond donors (Lipinski definition) is 2. The Hall–Kier alpha value is -4.31. The zero-order valence-electron chi connectivity index (χ0n) is 27.1. The summed E-state index contributed by atoms with van der Waals surface area (Å²) >= 11 is 1.73. The molecule has 10 heteroatoms. The molecule has 5 rings (SSSR count). The summed E-state index contributed by atoms with van der Waals surface area (Å²) in [6.07, 6.45) is 7.16. The Labute approximate surface area is 273 Å². The first kappa shape index (κ1) is 33.1. The van der Waals surface area contributed by atoms with Gasteiger partial charge in [-0.25, -0.2) is 14.4 Å². The van der Waals surface area contributed by atoms with E-state index in [0.717, 1.165) is 56.4 Å². The third-order valence-corrected chi connectivity index (χ3v) is 9.61. The molecule has 1 unspecified atom stereocenters. The molecular weight excluding hydrogens is 601 g/mol. The van der Waals surface area contributed by atoms with Gasteiger partial charge in [0.2, 0.25) is 0 Å². The third kappa shape index (κ3) is 7.22. The van der Waals surface area contributed by atoms with Gasteiger partial charge in [-0.15, -0.1) is 11.8 Å². The molecule has 0 aliphatic carbocycles. The number of H-pyrrole nitrogens is 1. The number of ether oxygens (including phenoxy) is 1. The summed E-state index contributed by atoms with van der Waals surface area (Å²) in [5, 5.41) is 11.8. The van der Waals surface area contributed by atoms with Gasteiger partial charge in [0.15, 0.2) is 11.6 Å². The number of nitrogens with zero attached hydrogens (tertiary/aromatic N) is 4. The van der Waals surface area contributed by atoms with E-state index < -0.39 is 17.2 Å². The molecule has 0 spiro atoms. The molecule has 46 heavy (non-hydrogen) atoms. The van der Waals surface area contributed by atoms with Gasteiger partial charge in [-0.3, -0.25) is 14.8 Å². The number of fused-ring (bicyclic) bond motifs is 1. The number of benzene rings is 2. The van der Waals surface area contributed by atoms with Crippen LogP contribution >= 0.6 is 11.8 Å². The number of aliphatic carboxylic acids is 1. The fourth-order valence-electron chi connectivity index (χ4n) is 5.82. The number of halogens is 1. The van der Waals surface area contributed by atoms with Crippen LogP contribution in [-0.4, -0.2) is 40.7 Å². The van der Waals surface area contributed by atoms with Gasteiger partial charge in [0.25, 0.3) is 0 Å². The second-order valence-corrected chi connectivity index (χ2v) is 14.4. The minimum atomic E-state index is -1.02. The van der Waals surface area contributed by atoms with Gasteiger partial charge < -0.3 is 14.8 Å². The number of carboxylic acids is 1. The van der Waals surface area contributed by atoms with Crippen molar-refractivity contribution in [3.63, 3.8) is 0 Å². The number of aromatic nitrogens is 5. The fraction of sp³-hybridized carbons (Fsp3) is 0.361. The zero-order chi connectivity index (χ0) is 33.1. The van der Waals surface area contributed by atoms with E-state index in [1.807, 2.05) is 63.2 Å². The standard InChI is InChI=1S/C36H40FN5O3S/c1-7-36(8-2,34(43)44)29(15-23-9-11-24(12-10-23)33-40-18-25(37)19-41-33)31-32(46-35(4,5)6)28-16-27(13-14-30(28)42-31)45-21-26-20-38-22(3)17-39-26/h9-14,16-20,29,42H,7-8,15,21H2,1-6H3,(H,43,44). The maximum Gasteiger partial charge on any atom is 0.310 e. The second kappa shape index (κ2) is 13.6. The van der Waals surface area contributed by atoms with Crippen LogP contribution in [0.3, 0.4) is 0 Å². The molecule has 0 aliphatic heterocycles. The molecule has 0 amide bonds. The topological polar surface area (TPSA) is 114 Å². The Balaban J connectivity index is 1.58. The van der Waals surface area contributed by atoms with Crippen molar-refractivity contribution in [2.24, 2.45) is 5.41 Å². The molecule has 5 aromatic rings. The highest BCUT2D eigenvalue weighted by molar-refractivity contribution is 8.00. The third-order valence-electron chi connectivity index (χ3n) is 8.35. The lowest BCUT2D eigenvalue weighted by molar-refractivity contribution is -0.151. The van der Waals surface area contributed by atoms with Gasteiger partial charge in [0.1, 0.15) is 12.4 Å². The van der Waals surface area contributed by atoms with Gasteiger partial charge in [0.05, 0.1) is 35.4 Å². The van der Waals surface area contributed by atoms with Gasteiger partial charge in [-0.05, 0) is 49.9 Å². The summed E-state index contributed by atoms with van der Waals surface area (Å²) in [4.78, 5) is 34.8. The van der Waals surface area contributed by atoms with E-state index in [-0.39, 0.29) is 17.3 Å². The molecule has 3 heterocycles. The van der Waals surface area contributed by atoms with Crippen molar-refractivity contribution >= 4 is 28.6 Å². The summed E-state index contributed by atoms with van der Waals surface area (Å²) in [6, 6.07) is 13.7. The quantitative estimate of drug-likeness (QED) is 0.130. The number of carbonyl (C=O) groups is 1. The molecule has 8 nitrogen and oxygen atoms in total. The molecule has 2 aromatic carbocycles. The van der Waals surface area contributed by atoms with Crippen molar-refractivity contribution in [2.45, 2.75) is 83.0 Å². The second-order valence-electron chi connectivity index (χ2n) is 12.6. The van der Waals surface area contributed by atoms with E-state index in [1.54, 1.807) is 24.2 Å². The van der Waals surface area contributed by atoms with E-state index >= 15 is 0 Å². The zero-order valence-corrected chi connectivity index (χ0v) is 27.9. The highest BCUT2D eigenvalue weighted by Gasteiger charge is 2.45. The molecule has 0 saturated heterocycles. The minimum Gasteiger partial charge on any atom is -0.487 e. The SMILES string of the molecule is CCC(CC)(C(=O)O)C(Cc1ccc(-c2ncc(F)cn2)cc1)c1[nH]c2ccc(OCc3cnc(C)cn3)cc2c1SC(C)(C)C. The number of aromatic amines is 1. The van der Waals surface area contributed by atoms with E-state index in [9.17, 15) is 14.3 Å². The first-order chi connectivity index (χ1) is 21.9. The van der Waals surface area contributed by atoms with Crippen LogP contribution in [-0.2, 0) is 17.8 Å². The normalized spacial score (nSPS) is 12.8. The maximum absolute atomic E-state index is 13.4. The monoisotopic (exact) mass is 641 g/mol. The van der Waals surface area contributed by atoms with Gasteiger partial charge >= 0.3 is 5.97 Å². The van der Waals surface area contributed by atoms with Crippen molar-refractivity contribution in [3.8, 4) is 17.1 Å². The lowest BCUT2D eigenvalue weighted by Crippen LogP contribution is -2.38. The van der Waals surface area contributed by atoms with Crippen LogP contribution in [0.2, 0.25) is 0 Å². The number of nitrogens with one attached hydrogen (secondary N) is 1. The van der Waals surface area contributed by atoms with E-state index in [4.69, 9.17) is 4.74 Å². The van der Waals surface area contributed by atoms with Crippen LogP contribution < -0.4 is 4.74 Å². The van der Waals surface area contributed by atoms with E-state index in [2.05, 4.69) is 45.7 Å². The Bertz CT molecular complexity index is 1800. The van der Waals surface area contributed by atoms with Gasteiger partial charge in [0, 0.05) is 43.9 Å². The van der Waals surface area contributed by atoms with Gasteiger partial charge in [-0.2, -0.15) is 0 Å². The molecule has 0 aliphatic rings. The van der Waals surface area contributed by atoms with E-state index in [0.29, 0.717) is 30.8 Å². The smallest absolute Gasteiger partial charge is 0.310 e. The average Bonchev–Trinajstić information content (AvgIpc) is 3.37. The fourth-order valence-corrected chi connectivity index (χ4v) is 7.02. The number of rotatable bonds is 12. The summed E-state index contributed by atoms with van der Waals surface area (Å²) in [7, 11) is 0. The number of thioether (sulfide) groups is 1. The van der Waals surface area contributed by atoms with Crippen LogP contribution in [0.1, 0.15) is 76.0 Å². The van der Waals surface area contributed by atoms with E-state index in [1.165, 1.54) is 0 Å². The molecule has 2 N–H and O–H groups in total. The molecule has 240 valence electrons. The summed E-state index contributed by atoms with van der Waals surface area (Å²) in [5.74, 6) is -0.543. The Morgan fingerprint density at radius 3 is 2.26 bits per heavy atom. The molecule has 0 fully saturated rings. The number of hydrogen-bond acceptors (Lipinski definition) is 7. The van der Waals surface area contributed by atoms with Crippen LogP contribution in [0.5, 0.6) is 5.75 Å². The Morgan fingerprint density at radius 2 is 1.67 bits per heavy atom. The summed E-state index contributed by atoms with van der Waals surface area (Å²) < 4.78 is 19.4. The first-order valence-corrected chi connectivity index (χ1v) is 16.3. The predicted octanol–water partition coefficient (Wildman–Crippen LogP) is 8.55. The van der Waals surface area contributed by atoms with Crippen LogP contribution in [0, 0.1) is 18.2 Å². The average molecular weight is 642 g/mol. The Morgan fingerprint density at radius 1 is 0.978 bits per heavy atom. The summed E-state index contributed by atoms with van der Waals surface area (Å²) in [6.45, 7) is 12.6. The molecule has 0 radical (unpaired) electrons. The minimum absolute atomic E-state index is 0.149. The van der Waals surface area contributed by atoms with Crippen molar-refractivity contribution in [3.05, 3.63) is 95.7 Å². The highest BCUT2D eigenvalue weighted by Crippen LogP contribution is 2.50. The number of aryl methyl sites for hydroxylation is 1. The lowest BCUT2D eigenvalue weighted by atomic mass is 9.67. The lowest BCUT2D eigenvalue weighted by Gasteiger charge is -2.36. The predicted molar refractivity (Wildman–Crippen MR) is 180 cm³/mol. The largest absolute Gasteiger partial charge is 0.487 e. The molecule has 0 bridgehead atoms. The molecular formula is C36H40FN5O3S. The van der Waals surface area contributed by atoms with Crippen molar-refractivity contribution in [2.75, 3.05) is 0 Å². The summed E-state index contributed by atoms with van der Waals surface area (Å²) in [5.41, 5.74) is 4.14.